The summed E-state index contributed by atoms with van der Waals surface area (Å²) >= 11 is 3.53. The van der Waals surface area contributed by atoms with Crippen molar-refractivity contribution < 1.29 is 0 Å². The van der Waals surface area contributed by atoms with Gasteiger partial charge < -0.3 is 10.6 Å². The summed E-state index contributed by atoms with van der Waals surface area (Å²) in [6.07, 6.45) is 3.97. The van der Waals surface area contributed by atoms with Crippen molar-refractivity contribution in [3.63, 3.8) is 0 Å². The number of hydrogen-bond acceptors (Lipinski definition) is 3. The number of nitrogens with two attached hydrogens (primary N) is 1. The Hall–Kier alpha value is -1.07. The van der Waals surface area contributed by atoms with E-state index in [2.05, 4.69) is 31.8 Å². The van der Waals surface area contributed by atoms with Crippen LogP contribution in [0.5, 0.6) is 0 Å². The fourth-order valence-corrected chi connectivity index (χ4v) is 3.99. The summed E-state index contributed by atoms with van der Waals surface area (Å²) in [4.78, 5) is 5.01. The molecule has 2 aliphatic heterocycles. The van der Waals surface area contributed by atoms with E-state index in [1.165, 1.54) is 25.8 Å². The number of fused-ring (bicyclic) bond motifs is 1. The van der Waals surface area contributed by atoms with Gasteiger partial charge in [0.15, 0.2) is 0 Å². The lowest BCUT2D eigenvalue weighted by atomic mass is 9.98. The highest BCUT2D eigenvalue weighted by Crippen LogP contribution is 2.30. The van der Waals surface area contributed by atoms with Crippen molar-refractivity contribution in [2.75, 3.05) is 31.1 Å². The molecule has 0 bridgehead atoms. The molecule has 1 unspecified atom stereocenters. The van der Waals surface area contributed by atoms with Gasteiger partial charge in [0.05, 0.1) is 5.56 Å². The van der Waals surface area contributed by atoms with Gasteiger partial charge in [-0.2, -0.15) is 0 Å². The Labute approximate surface area is 128 Å². The first kappa shape index (κ1) is 13.9. The molecular formula is C15H21BrN4. The standard InChI is InChI=1S/C15H21BrN4/c16-12-5-3-6-13(14(12)15(17)18)20-9-8-19-7-2-1-4-11(19)10-20/h3,5-6,11H,1-2,4,7-10H2,(H3,17,18). The van der Waals surface area contributed by atoms with Crippen LogP contribution >= 0.6 is 15.9 Å². The average molecular weight is 337 g/mol. The first-order valence-corrected chi connectivity index (χ1v) is 8.08. The van der Waals surface area contributed by atoms with Gasteiger partial charge in [-0.25, -0.2) is 0 Å². The fraction of sp³-hybridized carbons (Fsp3) is 0.533. The van der Waals surface area contributed by atoms with E-state index in [1.54, 1.807) is 0 Å². The number of hydrogen-bond donors (Lipinski definition) is 2. The maximum atomic E-state index is 7.83. The molecular weight excluding hydrogens is 316 g/mol. The van der Waals surface area contributed by atoms with E-state index < -0.39 is 0 Å². The van der Waals surface area contributed by atoms with Crippen LogP contribution in [0.4, 0.5) is 5.69 Å². The van der Waals surface area contributed by atoms with Crippen LogP contribution in [0.1, 0.15) is 24.8 Å². The Bertz CT molecular complexity index is 517. The van der Waals surface area contributed by atoms with Crippen molar-refractivity contribution in [1.29, 1.82) is 5.41 Å². The van der Waals surface area contributed by atoms with Crippen LogP contribution in [-0.2, 0) is 0 Å². The van der Waals surface area contributed by atoms with E-state index in [4.69, 9.17) is 11.1 Å². The molecule has 1 aromatic rings. The summed E-state index contributed by atoms with van der Waals surface area (Å²) in [6, 6.07) is 6.73. The van der Waals surface area contributed by atoms with Gasteiger partial charge in [-0.1, -0.05) is 12.5 Å². The Balaban J connectivity index is 1.86. The summed E-state index contributed by atoms with van der Waals surface area (Å²) in [5.41, 5.74) is 7.69. The summed E-state index contributed by atoms with van der Waals surface area (Å²) in [5.74, 6) is 0.138. The molecule has 4 nitrogen and oxygen atoms in total. The number of amidine groups is 1. The first-order valence-electron chi connectivity index (χ1n) is 7.28. The van der Waals surface area contributed by atoms with Crippen molar-refractivity contribution in [3.8, 4) is 0 Å². The second-order valence-electron chi connectivity index (χ2n) is 5.68. The van der Waals surface area contributed by atoms with Gasteiger partial charge in [0, 0.05) is 35.8 Å². The zero-order valence-electron chi connectivity index (χ0n) is 11.6. The number of halogens is 1. The number of rotatable bonds is 2. The lowest BCUT2D eigenvalue weighted by Gasteiger charge is -2.45. The predicted molar refractivity (Wildman–Crippen MR) is 86.6 cm³/mol. The van der Waals surface area contributed by atoms with Gasteiger partial charge in [-0.15, -0.1) is 0 Å². The van der Waals surface area contributed by atoms with Crippen molar-refractivity contribution >= 4 is 27.5 Å². The molecule has 0 amide bonds. The van der Waals surface area contributed by atoms with Crippen LogP contribution in [0, 0.1) is 5.41 Å². The van der Waals surface area contributed by atoms with Gasteiger partial charge in [0.25, 0.3) is 0 Å². The number of benzene rings is 1. The predicted octanol–water partition coefficient (Wildman–Crippen LogP) is 2.41. The minimum absolute atomic E-state index is 0.138. The number of piperidine rings is 1. The zero-order valence-corrected chi connectivity index (χ0v) is 13.2. The van der Waals surface area contributed by atoms with Crippen LogP contribution < -0.4 is 10.6 Å². The number of nitrogens with one attached hydrogen (secondary N) is 1. The van der Waals surface area contributed by atoms with E-state index in [-0.39, 0.29) is 5.84 Å². The highest BCUT2D eigenvalue weighted by molar-refractivity contribution is 9.10. The summed E-state index contributed by atoms with van der Waals surface area (Å²) < 4.78 is 0.911. The second kappa shape index (κ2) is 5.74. The van der Waals surface area contributed by atoms with E-state index in [1.807, 2.05) is 12.1 Å². The summed E-state index contributed by atoms with van der Waals surface area (Å²) in [7, 11) is 0. The topological polar surface area (TPSA) is 56.4 Å². The van der Waals surface area contributed by atoms with Gasteiger partial charge in [0.2, 0.25) is 0 Å². The van der Waals surface area contributed by atoms with Crippen molar-refractivity contribution in [2.45, 2.75) is 25.3 Å². The monoisotopic (exact) mass is 336 g/mol. The molecule has 3 rings (SSSR count). The molecule has 0 radical (unpaired) electrons. The average Bonchev–Trinajstić information content (AvgIpc) is 2.46. The van der Waals surface area contributed by atoms with E-state index >= 15 is 0 Å². The molecule has 1 aromatic carbocycles. The number of piperazine rings is 1. The molecule has 2 aliphatic rings. The van der Waals surface area contributed by atoms with E-state index in [9.17, 15) is 0 Å². The van der Waals surface area contributed by atoms with Crippen LogP contribution in [0.3, 0.4) is 0 Å². The molecule has 0 aliphatic carbocycles. The van der Waals surface area contributed by atoms with E-state index in [0.29, 0.717) is 6.04 Å². The van der Waals surface area contributed by atoms with Gasteiger partial charge >= 0.3 is 0 Å². The lowest BCUT2D eigenvalue weighted by molar-refractivity contribution is 0.133. The minimum Gasteiger partial charge on any atom is -0.384 e. The molecule has 0 spiro atoms. The number of anilines is 1. The molecule has 0 aromatic heterocycles. The maximum absolute atomic E-state index is 7.83. The number of nitrogen functional groups attached to an aromatic ring is 1. The van der Waals surface area contributed by atoms with Crippen molar-refractivity contribution in [1.82, 2.24) is 4.90 Å². The van der Waals surface area contributed by atoms with Crippen LogP contribution in [0.25, 0.3) is 0 Å². The third-order valence-corrected chi connectivity index (χ3v) is 5.10. The van der Waals surface area contributed by atoms with Crippen LogP contribution in [0.15, 0.2) is 22.7 Å². The van der Waals surface area contributed by atoms with Crippen molar-refractivity contribution in [2.24, 2.45) is 5.73 Å². The third-order valence-electron chi connectivity index (χ3n) is 4.44. The Morgan fingerprint density at radius 3 is 2.90 bits per heavy atom. The molecule has 20 heavy (non-hydrogen) atoms. The smallest absolute Gasteiger partial charge is 0.126 e. The first-order chi connectivity index (χ1) is 9.66. The second-order valence-corrected chi connectivity index (χ2v) is 6.53. The number of nitrogens with zero attached hydrogens (tertiary/aromatic N) is 2. The van der Waals surface area contributed by atoms with Gasteiger partial charge in [-0.3, -0.25) is 10.3 Å². The highest BCUT2D eigenvalue weighted by atomic mass is 79.9. The Morgan fingerprint density at radius 1 is 1.25 bits per heavy atom. The molecule has 108 valence electrons. The normalized spacial score (nSPS) is 23.4. The summed E-state index contributed by atoms with van der Waals surface area (Å²) in [6.45, 7) is 4.44. The van der Waals surface area contributed by atoms with Crippen LogP contribution in [-0.4, -0.2) is 43.0 Å². The molecule has 1 atom stereocenters. The van der Waals surface area contributed by atoms with Gasteiger partial charge in [0.1, 0.15) is 5.84 Å². The maximum Gasteiger partial charge on any atom is 0.126 e. The van der Waals surface area contributed by atoms with Crippen molar-refractivity contribution in [3.05, 3.63) is 28.2 Å². The molecule has 2 saturated heterocycles. The molecule has 5 heteroatoms. The summed E-state index contributed by atoms with van der Waals surface area (Å²) in [5, 5.41) is 7.83. The van der Waals surface area contributed by atoms with E-state index in [0.717, 1.165) is 35.4 Å². The minimum atomic E-state index is 0.138. The van der Waals surface area contributed by atoms with Crippen LogP contribution in [0.2, 0.25) is 0 Å². The fourth-order valence-electron chi connectivity index (χ4n) is 3.42. The Morgan fingerprint density at radius 2 is 2.10 bits per heavy atom. The molecule has 0 saturated carbocycles. The quantitative estimate of drug-likeness (QED) is 0.644. The Kier molecular flexibility index (Phi) is 3.98. The molecule has 3 N–H and O–H groups in total. The highest BCUT2D eigenvalue weighted by Gasteiger charge is 2.30. The lowest BCUT2D eigenvalue weighted by Crippen LogP contribution is -2.55. The largest absolute Gasteiger partial charge is 0.384 e. The molecule has 2 fully saturated rings. The SMILES string of the molecule is N=C(N)c1c(Br)cccc1N1CCN2CCCCC2C1. The third kappa shape index (κ3) is 2.56. The molecule has 2 heterocycles. The van der Waals surface area contributed by atoms with Gasteiger partial charge in [-0.05, 0) is 47.4 Å². The zero-order chi connectivity index (χ0) is 14.1.